The smallest absolute Gasteiger partial charge is 0.351 e. The van der Waals surface area contributed by atoms with Crippen molar-refractivity contribution in [1.82, 2.24) is 39.4 Å². The highest BCUT2D eigenvalue weighted by Crippen LogP contribution is 2.37. The number of anilines is 3. The summed E-state index contributed by atoms with van der Waals surface area (Å²) in [5.74, 6) is -0.640. The number of aromatic amines is 1. The molecular weight excluding hydrogens is 664 g/mol. The highest BCUT2D eigenvalue weighted by molar-refractivity contribution is 5.95. The lowest BCUT2D eigenvalue weighted by atomic mass is 9.92. The number of piperazine rings is 1. The summed E-state index contributed by atoms with van der Waals surface area (Å²) in [7, 11) is 1.81. The highest BCUT2D eigenvalue weighted by Gasteiger charge is 2.35. The first-order chi connectivity index (χ1) is 24.5. The number of alkyl halides is 3. The van der Waals surface area contributed by atoms with E-state index in [1.54, 1.807) is 28.0 Å². The van der Waals surface area contributed by atoms with Gasteiger partial charge in [0.2, 0.25) is 0 Å². The number of rotatable bonds is 8. The first kappa shape index (κ1) is 34.4. The van der Waals surface area contributed by atoms with Gasteiger partial charge in [-0.15, -0.1) is 0 Å². The van der Waals surface area contributed by atoms with Crippen molar-refractivity contribution in [2.24, 2.45) is 7.05 Å². The average Bonchev–Trinajstić information content (AvgIpc) is 3.76. The van der Waals surface area contributed by atoms with Gasteiger partial charge in [-0.25, -0.2) is 14.2 Å². The Kier molecular flexibility index (Phi) is 9.42. The Hall–Kier alpha value is -5.02. The van der Waals surface area contributed by atoms with E-state index in [0.717, 1.165) is 54.4 Å². The summed E-state index contributed by atoms with van der Waals surface area (Å²) in [6, 6.07) is 7.16. The van der Waals surface area contributed by atoms with Crippen LogP contribution in [0.5, 0.6) is 0 Å². The summed E-state index contributed by atoms with van der Waals surface area (Å²) < 4.78 is 59.6. The van der Waals surface area contributed by atoms with E-state index in [9.17, 15) is 18.0 Å². The number of nitrogens with zero attached hydrogens (tertiary/aromatic N) is 7. The lowest BCUT2D eigenvalue weighted by Crippen LogP contribution is -2.45. The number of aryl methyl sites for hydroxylation is 1. The number of amides is 2. The van der Waals surface area contributed by atoms with Gasteiger partial charge in [-0.2, -0.15) is 18.3 Å². The standard InChI is InChI=1S/C36H40F4N10O/c1-4-22-20-50(35(51)45-26-7-6-23(29(13-26)36(38,39)40)19-49-10-8-48(5-2)9-11-49)21-24-12-27(16-41-32(22)24)44-33-28-14-31(25-15-43-47(3)18-25)46-34(28)42-17-30(33)37/h6-7,12-18,22H,4-5,8-11,19-21H2,1-3H3,(H,45,51)(H2,42,44,46). The fourth-order valence-electron chi connectivity index (χ4n) is 6.98. The monoisotopic (exact) mass is 704 g/mol. The van der Waals surface area contributed by atoms with E-state index < -0.39 is 23.6 Å². The zero-order chi connectivity index (χ0) is 35.9. The number of hydrogen-bond acceptors (Lipinski definition) is 7. The number of carbonyl (C=O) groups excluding carboxylic acids is 1. The summed E-state index contributed by atoms with van der Waals surface area (Å²) in [6.45, 7) is 8.75. The summed E-state index contributed by atoms with van der Waals surface area (Å²) in [6.07, 6.45) is 2.44. The summed E-state index contributed by atoms with van der Waals surface area (Å²) >= 11 is 0. The van der Waals surface area contributed by atoms with E-state index >= 15 is 4.39 Å². The molecule has 3 N–H and O–H groups in total. The molecule has 5 aromatic rings. The number of pyridine rings is 2. The van der Waals surface area contributed by atoms with Gasteiger partial charge in [-0.05, 0) is 48.4 Å². The van der Waals surface area contributed by atoms with Crippen LogP contribution < -0.4 is 10.6 Å². The molecule has 6 heterocycles. The molecule has 15 heteroatoms. The topological polar surface area (TPSA) is 110 Å². The fourth-order valence-corrected chi connectivity index (χ4v) is 6.98. The molecule has 1 unspecified atom stereocenters. The Morgan fingerprint density at radius 1 is 1.00 bits per heavy atom. The number of aromatic nitrogens is 5. The zero-order valence-corrected chi connectivity index (χ0v) is 28.7. The van der Waals surface area contributed by atoms with Crippen LogP contribution in [-0.2, 0) is 26.3 Å². The van der Waals surface area contributed by atoms with Gasteiger partial charge in [-0.1, -0.05) is 19.9 Å². The fraction of sp³-hybridized carbons (Fsp3) is 0.389. The molecule has 7 rings (SSSR count). The van der Waals surface area contributed by atoms with Crippen LogP contribution in [0.25, 0.3) is 22.3 Å². The van der Waals surface area contributed by atoms with Crippen LogP contribution in [0.3, 0.4) is 0 Å². The first-order valence-corrected chi connectivity index (χ1v) is 17.1. The van der Waals surface area contributed by atoms with E-state index in [-0.39, 0.29) is 35.9 Å². The van der Waals surface area contributed by atoms with Crippen molar-refractivity contribution in [3.8, 4) is 11.3 Å². The van der Waals surface area contributed by atoms with Crippen molar-refractivity contribution in [2.45, 2.75) is 45.5 Å². The van der Waals surface area contributed by atoms with Gasteiger partial charge in [0.15, 0.2) is 5.82 Å². The first-order valence-electron chi connectivity index (χ1n) is 17.1. The molecule has 1 aromatic carbocycles. The van der Waals surface area contributed by atoms with E-state index in [2.05, 4.69) is 37.5 Å². The molecule has 51 heavy (non-hydrogen) atoms. The van der Waals surface area contributed by atoms with Gasteiger partial charge in [0.1, 0.15) is 5.65 Å². The molecule has 4 aromatic heterocycles. The number of hydrogen-bond donors (Lipinski definition) is 3. The van der Waals surface area contributed by atoms with Crippen LogP contribution in [0.2, 0.25) is 0 Å². The van der Waals surface area contributed by atoms with Crippen molar-refractivity contribution in [2.75, 3.05) is 49.9 Å². The second kappa shape index (κ2) is 13.9. The minimum Gasteiger partial charge on any atom is -0.351 e. The molecule has 0 radical (unpaired) electrons. The number of urea groups is 1. The van der Waals surface area contributed by atoms with Crippen molar-refractivity contribution >= 4 is 34.1 Å². The van der Waals surface area contributed by atoms with Crippen LogP contribution in [-0.4, -0.2) is 84.7 Å². The number of carbonyl (C=O) groups is 1. The van der Waals surface area contributed by atoms with Gasteiger partial charge in [0, 0.05) is 81.6 Å². The lowest BCUT2D eigenvalue weighted by Gasteiger charge is -2.34. The average molecular weight is 705 g/mol. The number of nitrogens with one attached hydrogen (secondary N) is 3. The number of likely N-dealkylation sites (N-methyl/N-ethyl adjacent to an activating group) is 1. The Morgan fingerprint density at radius 2 is 1.78 bits per heavy atom. The molecule has 2 aliphatic heterocycles. The molecule has 0 aliphatic carbocycles. The molecule has 0 saturated carbocycles. The second-order valence-corrected chi connectivity index (χ2v) is 13.2. The van der Waals surface area contributed by atoms with Crippen LogP contribution in [0.4, 0.5) is 39.4 Å². The summed E-state index contributed by atoms with van der Waals surface area (Å²) in [5.41, 5.74) is 3.90. The second-order valence-electron chi connectivity index (χ2n) is 13.2. The van der Waals surface area contributed by atoms with Crippen molar-refractivity contribution < 1.29 is 22.4 Å². The van der Waals surface area contributed by atoms with Crippen molar-refractivity contribution in [1.29, 1.82) is 0 Å². The van der Waals surface area contributed by atoms with Gasteiger partial charge in [-0.3, -0.25) is 14.6 Å². The zero-order valence-electron chi connectivity index (χ0n) is 28.7. The molecule has 11 nitrogen and oxygen atoms in total. The third kappa shape index (κ3) is 7.26. The largest absolute Gasteiger partial charge is 0.416 e. The number of halogens is 4. The highest BCUT2D eigenvalue weighted by atomic mass is 19.4. The molecule has 1 fully saturated rings. The maximum absolute atomic E-state index is 15.2. The molecule has 2 amide bonds. The molecule has 0 bridgehead atoms. The van der Waals surface area contributed by atoms with E-state index in [0.29, 0.717) is 42.8 Å². The molecule has 268 valence electrons. The Balaban J connectivity index is 1.09. The molecule has 1 atom stereocenters. The maximum Gasteiger partial charge on any atom is 0.416 e. The van der Waals surface area contributed by atoms with E-state index in [1.165, 1.54) is 12.1 Å². The van der Waals surface area contributed by atoms with Gasteiger partial charge >= 0.3 is 12.2 Å². The van der Waals surface area contributed by atoms with E-state index in [4.69, 9.17) is 4.98 Å². The van der Waals surface area contributed by atoms with Crippen molar-refractivity contribution in [3.05, 3.63) is 83.3 Å². The number of fused-ring (bicyclic) bond motifs is 2. The minimum absolute atomic E-state index is 0.0774. The van der Waals surface area contributed by atoms with Crippen LogP contribution in [0.15, 0.2) is 55.1 Å². The maximum atomic E-state index is 15.2. The molecule has 1 saturated heterocycles. The van der Waals surface area contributed by atoms with Gasteiger partial charge in [0.25, 0.3) is 0 Å². The van der Waals surface area contributed by atoms with Crippen molar-refractivity contribution in [3.63, 3.8) is 0 Å². The Labute approximate surface area is 292 Å². The third-order valence-corrected chi connectivity index (χ3v) is 9.84. The molecular formula is C36H40F4N10O. The predicted molar refractivity (Wildman–Crippen MR) is 187 cm³/mol. The van der Waals surface area contributed by atoms with Crippen LogP contribution >= 0.6 is 0 Å². The number of benzene rings is 1. The normalized spacial score (nSPS) is 17.2. The SMILES string of the molecule is CCC1CN(C(=O)Nc2ccc(CN3CCN(CC)CC3)c(C(F)(F)F)c2)Cc2cc(Nc3c(F)cnc4[nH]c(-c5cnn(C)c5)cc34)cnc21. The quantitative estimate of drug-likeness (QED) is 0.150. The predicted octanol–water partition coefficient (Wildman–Crippen LogP) is 6.94. The summed E-state index contributed by atoms with van der Waals surface area (Å²) in [4.78, 5) is 31.6. The third-order valence-electron chi connectivity index (χ3n) is 9.84. The lowest BCUT2D eigenvalue weighted by molar-refractivity contribution is -0.138. The minimum atomic E-state index is -4.58. The van der Waals surface area contributed by atoms with E-state index in [1.807, 2.05) is 31.1 Å². The van der Waals surface area contributed by atoms with Gasteiger partial charge < -0.3 is 25.4 Å². The van der Waals surface area contributed by atoms with Crippen LogP contribution in [0, 0.1) is 5.82 Å². The number of H-pyrrole nitrogens is 1. The Morgan fingerprint density at radius 3 is 2.49 bits per heavy atom. The van der Waals surface area contributed by atoms with Crippen LogP contribution in [0.1, 0.15) is 48.6 Å². The molecule has 2 aliphatic rings. The van der Waals surface area contributed by atoms with Gasteiger partial charge in [0.05, 0.1) is 46.9 Å². The Bertz CT molecular complexity index is 2050. The summed E-state index contributed by atoms with van der Waals surface area (Å²) in [5, 5.41) is 10.6. The molecule has 0 spiro atoms.